The van der Waals surface area contributed by atoms with Crippen molar-refractivity contribution in [2.75, 3.05) is 36.4 Å². The molecule has 3 aromatic heterocycles. The van der Waals surface area contributed by atoms with E-state index in [9.17, 15) is 0 Å². The van der Waals surface area contributed by atoms with Gasteiger partial charge in [0.1, 0.15) is 5.52 Å². The average Bonchev–Trinajstić information content (AvgIpc) is 3.40. The number of rotatable bonds is 5. The molecule has 1 fully saturated rings. The summed E-state index contributed by atoms with van der Waals surface area (Å²) in [6, 6.07) is 6.62. The van der Waals surface area contributed by atoms with Crippen LogP contribution in [-0.4, -0.2) is 55.6 Å². The summed E-state index contributed by atoms with van der Waals surface area (Å²) >= 11 is 1.71. The van der Waals surface area contributed by atoms with Crippen molar-refractivity contribution in [3.63, 3.8) is 0 Å². The number of imidazole rings is 1. The van der Waals surface area contributed by atoms with Crippen LogP contribution in [0.15, 0.2) is 29.9 Å². The largest absolute Gasteiger partial charge is 0.338 e. The molecule has 0 amide bonds. The lowest BCUT2D eigenvalue weighted by atomic mass is 9.86. The number of hydrogen-bond acceptors (Lipinski definition) is 8. The molecule has 0 radical (unpaired) electrons. The van der Waals surface area contributed by atoms with Crippen LogP contribution in [0.25, 0.3) is 11.2 Å². The maximum absolute atomic E-state index is 5.01. The van der Waals surface area contributed by atoms with Gasteiger partial charge in [-0.2, -0.15) is 9.97 Å². The molecule has 1 aromatic carbocycles. The van der Waals surface area contributed by atoms with Gasteiger partial charge in [0.25, 0.3) is 0 Å². The molecule has 0 aliphatic carbocycles. The first-order chi connectivity index (χ1) is 16.7. The van der Waals surface area contributed by atoms with E-state index in [0.717, 1.165) is 66.4 Å². The quantitative estimate of drug-likeness (QED) is 0.431. The highest BCUT2D eigenvalue weighted by molar-refractivity contribution is 7.09. The summed E-state index contributed by atoms with van der Waals surface area (Å²) in [6.45, 7) is 15.4. The van der Waals surface area contributed by atoms with Crippen molar-refractivity contribution < 1.29 is 0 Å². The third-order valence-electron chi connectivity index (χ3n) is 6.62. The number of benzene rings is 1. The number of fused-ring (bicyclic) bond motifs is 1. The predicted octanol–water partition coefficient (Wildman–Crippen LogP) is 4.80. The summed E-state index contributed by atoms with van der Waals surface area (Å²) in [5, 5.41) is 6.91. The number of aromatic nitrogens is 5. The smallest absolute Gasteiger partial charge is 0.229 e. The Morgan fingerprint density at radius 2 is 1.80 bits per heavy atom. The van der Waals surface area contributed by atoms with Crippen LogP contribution >= 0.6 is 11.3 Å². The van der Waals surface area contributed by atoms with Crippen molar-refractivity contribution in [3.05, 3.63) is 51.7 Å². The maximum Gasteiger partial charge on any atom is 0.229 e. The van der Waals surface area contributed by atoms with E-state index >= 15 is 0 Å². The van der Waals surface area contributed by atoms with Crippen LogP contribution in [0.1, 0.15) is 42.6 Å². The lowest BCUT2D eigenvalue weighted by Crippen LogP contribution is -2.46. The van der Waals surface area contributed by atoms with Crippen LogP contribution in [0.3, 0.4) is 0 Å². The highest BCUT2D eigenvalue weighted by Crippen LogP contribution is 2.31. The van der Waals surface area contributed by atoms with Gasteiger partial charge < -0.3 is 14.8 Å². The molecule has 1 aliphatic rings. The second kappa shape index (κ2) is 9.20. The minimum Gasteiger partial charge on any atom is -0.338 e. The Morgan fingerprint density at radius 1 is 1.03 bits per heavy atom. The van der Waals surface area contributed by atoms with Crippen LogP contribution in [0.2, 0.25) is 0 Å². The molecule has 0 bridgehead atoms. The lowest BCUT2D eigenvalue weighted by Gasteiger charge is -2.34. The summed E-state index contributed by atoms with van der Waals surface area (Å²) in [5.74, 6) is 1.52. The van der Waals surface area contributed by atoms with E-state index in [0.29, 0.717) is 5.65 Å². The van der Waals surface area contributed by atoms with E-state index in [2.05, 4.69) is 83.3 Å². The van der Waals surface area contributed by atoms with Crippen LogP contribution in [-0.2, 0) is 19.0 Å². The van der Waals surface area contributed by atoms with E-state index in [1.165, 1.54) is 11.1 Å². The molecule has 4 aromatic rings. The Morgan fingerprint density at radius 3 is 2.49 bits per heavy atom. The zero-order valence-electron chi connectivity index (χ0n) is 21.5. The number of piperazine rings is 1. The van der Waals surface area contributed by atoms with Gasteiger partial charge in [-0.05, 0) is 36.5 Å². The van der Waals surface area contributed by atoms with Crippen LogP contribution in [0, 0.1) is 13.8 Å². The van der Waals surface area contributed by atoms with Gasteiger partial charge in [0, 0.05) is 50.8 Å². The van der Waals surface area contributed by atoms with Gasteiger partial charge in [-0.3, -0.25) is 4.90 Å². The van der Waals surface area contributed by atoms with Crippen molar-refractivity contribution in [1.29, 1.82) is 0 Å². The fraction of sp³-hybridized carbons (Fsp3) is 0.462. The van der Waals surface area contributed by atoms with Crippen LogP contribution < -0.4 is 10.2 Å². The number of nitrogens with zero attached hydrogens (tertiary/aromatic N) is 7. The summed E-state index contributed by atoms with van der Waals surface area (Å²) in [5.41, 5.74) is 6.38. The molecule has 1 aliphatic heterocycles. The molecule has 1 N–H and O–H groups in total. The molecule has 8 nitrogen and oxygen atoms in total. The standard InChI is InChI=1S/C26H34N8S/c1-17-7-8-19(26(3,4)5)13-21(17)29-24-22-23(27-16-32(22)6)30-25(31-24)34-11-9-33(10-12-34)14-20-15-35-18(2)28-20/h7-8,13,15-16H,9-12,14H2,1-6H3,(H,29,30,31). The van der Waals surface area contributed by atoms with Crippen molar-refractivity contribution >= 4 is 40.0 Å². The third-order valence-corrected chi connectivity index (χ3v) is 7.45. The summed E-state index contributed by atoms with van der Waals surface area (Å²) in [6.07, 6.45) is 1.81. The first kappa shape index (κ1) is 23.7. The molecule has 35 heavy (non-hydrogen) atoms. The van der Waals surface area contributed by atoms with Gasteiger partial charge in [0.2, 0.25) is 5.95 Å². The number of aryl methyl sites for hydroxylation is 3. The number of anilines is 3. The Bertz CT molecular complexity index is 1340. The second-order valence-corrected chi connectivity index (χ2v) is 11.5. The number of thiazole rings is 1. The summed E-state index contributed by atoms with van der Waals surface area (Å²) < 4.78 is 1.98. The first-order valence-electron chi connectivity index (χ1n) is 12.1. The maximum atomic E-state index is 5.01. The number of hydrogen-bond donors (Lipinski definition) is 1. The van der Waals surface area contributed by atoms with Crippen molar-refractivity contribution in [2.24, 2.45) is 7.05 Å². The Labute approximate surface area is 211 Å². The van der Waals surface area contributed by atoms with Gasteiger partial charge in [0.15, 0.2) is 11.5 Å². The second-order valence-electron chi connectivity index (χ2n) is 10.4. The third kappa shape index (κ3) is 5.01. The number of nitrogens with one attached hydrogen (secondary N) is 1. The zero-order valence-corrected chi connectivity index (χ0v) is 22.3. The van der Waals surface area contributed by atoms with E-state index in [4.69, 9.17) is 9.97 Å². The lowest BCUT2D eigenvalue weighted by molar-refractivity contribution is 0.246. The Balaban J connectivity index is 1.40. The Hall–Kier alpha value is -3.04. The molecular weight excluding hydrogens is 456 g/mol. The highest BCUT2D eigenvalue weighted by atomic mass is 32.1. The molecule has 0 unspecified atom stereocenters. The van der Waals surface area contributed by atoms with Crippen molar-refractivity contribution in [3.8, 4) is 0 Å². The molecule has 9 heteroatoms. The molecule has 184 valence electrons. The Kier molecular flexibility index (Phi) is 6.23. The monoisotopic (exact) mass is 490 g/mol. The minimum absolute atomic E-state index is 0.0692. The van der Waals surface area contributed by atoms with Gasteiger partial charge in [-0.1, -0.05) is 32.9 Å². The normalized spacial score (nSPS) is 15.2. The van der Waals surface area contributed by atoms with E-state index < -0.39 is 0 Å². The minimum atomic E-state index is 0.0692. The van der Waals surface area contributed by atoms with Gasteiger partial charge >= 0.3 is 0 Å². The first-order valence-corrected chi connectivity index (χ1v) is 13.0. The van der Waals surface area contributed by atoms with Crippen molar-refractivity contribution in [2.45, 2.75) is 46.6 Å². The van der Waals surface area contributed by atoms with Crippen LogP contribution in [0.5, 0.6) is 0 Å². The van der Waals surface area contributed by atoms with Crippen LogP contribution in [0.4, 0.5) is 17.5 Å². The van der Waals surface area contributed by atoms with E-state index in [1.54, 1.807) is 17.7 Å². The van der Waals surface area contributed by atoms with Crippen molar-refractivity contribution in [1.82, 2.24) is 29.4 Å². The SMILES string of the molecule is Cc1nc(CN2CCN(c3nc(Nc4cc(C(C)(C)C)ccc4C)c4c(ncn4C)n3)CC2)cs1. The topological polar surface area (TPSA) is 75.0 Å². The fourth-order valence-corrected chi connectivity index (χ4v) is 5.04. The average molecular weight is 491 g/mol. The molecule has 1 saturated heterocycles. The molecular formula is C26H34N8S. The predicted molar refractivity (Wildman–Crippen MR) is 144 cm³/mol. The molecule has 0 spiro atoms. The highest BCUT2D eigenvalue weighted by Gasteiger charge is 2.23. The molecule has 4 heterocycles. The van der Waals surface area contributed by atoms with E-state index in [-0.39, 0.29) is 5.41 Å². The summed E-state index contributed by atoms with van der Waals surface area (Å²) in [4.78, 5) is 23.7. The van der Waals surface area contributed by atoms with Gasteiger partial charge in [-0.25, -0.2) is 9.97 Å². The van der Waals surface area contributed by atoms with E-state index in [1.807, 2.05) is 11.6 Å². The summed E-state index contributed by atoms with van der Waals surface area (Å²) in [7, 11) is 1.99. The molecule has 0 atom stereocenters. The molecule has 0 saturated carbocycles. The van der Waals surface area contributed by atoms with Gasteiger partial charge in [0.05, 0.1) is 17.0 Å². The molecule has 5 rings (SSSR count). The fourth-order valence-electron chi connectivity index (χ4n) is 4.44. The van der Waals surface area contributed by atoms with Gasteiger partial charge in [-0.15, -0.1) is 11.3 Å². The zero-order chi connectivity index (χ0) is 24.7.